The lowest BCUT2D eigenvalue weighted by Gasteiger charge is -2.28. The highest BCUT2D eigenvalue weighted by atomic mass is 16.6. The van der Waals surface area contributed by atoms with E-state index in [1.54, 1.807) is 34.1 Å². The van der Waals surface area contributed by atoms with Crippen molar-refractivity contribution in [1.29, 1.82) is 0 Å². The van der Waals surface area contributed by atoms with Crippen LogP contribution < -0.4 is 0 Å². The predicted molar refractivity (Wildman–Crippen MR) is 315 cm³/mol. The summed E-state index contributed by atoms with van der Waals surface area (Å²) in [4.78, 5) is 56.9. The first-order valence-electron chi connectivity index (χ1n) is 28.6. The summed E-state index contributed by atoms with van der Waals surface area (Å²) in [6.45, 7) is 17.2. The second-order valence-corrected chi connectivity index (χ2v) is 22.9. The molecule has 0 saturated carbocycles. The molecule has 0 amide bonds. The van der Waals surface area contributed by atoms with Crippen molar-refractivity contribution in [2.24, 2.45) is 16.2 Å². The Morgan fingerprint density at radius 2 is 0.824 bits per heavy atom. The minimum atomic E-state index is -1.000. The van der Waals surface area contributed by atoms with E-state index in [1.807, 2.05) is 156 Å². The van der Waals surface area contributed by atoms with Gasteiger partial charge in [-0.3, -0.25) is 29.0 Å². The molecule has 0 N–H and O–H groups in total. The molecule has 0 bridgehead atoms. The van der Waals surface area contributed by atoms with Crippen molar-refractivity contribution >= 4 is 23.9 Å². The van der Waals surface area contributed by atoms with Gasteiger partial charge in [-0.1, -0.05) is 124 Å². The van der Waals surface area contributed by atoms with Gasteiger partial charge in [0.1, 0.15) is 6.54 Å². The van der Waals surface area contributed by atoms with Crippen LogP contribution in [0.2, 0.25) is 0 Å². The number of terminal acetylenes is 2. The van der Waals surface area contributed by atoms with Gasteiger partial charge < -0.3 is 18.9 Å². The Morgan fingerprint density at radius 1 is 0.482 bits per heavy atom. The number of esters is 4. The molecule has 3 atom stereocenters. The second-order valence-electron chi connectivity index (χ2n) is 22.9. The molecular formula is C63H78N14O8. The van der Waals surface area contributed by atoms with E-state index < -0.39 is 34.2 Å². The third kappa shape index (κ3) is 18.3. The molecule has 0 aliphatic rings. The van der Waals surface area contributed by atoms with Gasteiger partial charge >= 0.3 is 23.9 Å². The summed E-state index contributed by atoms with van der Waals surface area (Å²) in [6.07, 6.45) is 19.6. The number of nitrogens with zero attached hydrogens (tertiary/aromatic N) is 14. The average molecular weight is 1160 g/mol. The number of carbonyl (C=O) groups excluding carboxylic acids is 4. The second kappa shape index (κ2) is 30.1. The maximum absolute atomic E-state index is 13.9. The molecule has 85 heavy (non-hydrogen) atoms. The third-order valence-electron chi connectivity index (χ3n) is 14.3. The predicted octanol–water partition coefficient (Wildman–Crippen LogP) is 7.64. The van der Waals surface area contributed by atoms with Gasteiger partial charge in [0.2, 0.25) is 0 Å². The van der Waals surface area contributed by atoms with Crippen LogP contribution in [0.5, 0.6) is 0 Å². The van der Waals surface area contributed by atoms with Gasteiger partial charge in [0, 0.05) is 32.6 Å². The van der Waals surface area contributed by atoms with Crippen molar-refractivity contribution in [3.8, 4) is 24.7 Å². The number of ether oxygens (including phenoxy) is 4. The summed E-state index contributed by atoms with van der Waals surface area (Å²) >= 11 is 0. The molecule has 0 radical (unpaired) electrons. The highest BCUT2D eigenvalue weighted by Gasteiger charge is 2.37. The quantitative estimate of drug-likeness (QED) is 0.0166. The Kier molecular flexibility index (Phi) is 22.6. The van der Waals surface area contributed by atoms with Gasteiger partial charge in [-0.15, -0.1) is 33.2 Å². The molecule has 7 rings (SSSR count). The number of benzene rings is 3. The molecule has 0 aliphatic heterocycles. The Labute approximate surface area is 497 Å². The van der Waals surface area contributed by atoms with Crippen LogP contribution in [0.1, 0.15) is 139 Å². The molecule has 3 unspecified atom stereocenters. The van der Waals surface area contributed by atoms with Crippen LogP contribution in [0.4, 0.5) is 0 Å². The lowest BCUT2D eigenvalue weighted by Crippen LogP contribution is -2.31. The average Bonchev–Trinajstić information content (AvgIpc) is 4.50. The molecule has 4 heterocycles. The number of hydrogen-bond acceptors (Lipinski definition) is 18. The van der Waals surface area contributed by atoms with Crippen LogP contribution in [0, 0.1) is 40.9 Å². The zero-order valence-electron chi connectivity index (χ0n) is 50.0. The van der Waals surface area contributed by atoms with Crippen LogP contribution in [0.3, 0.4) is 0 Å². The van der Waals surface area contributed by atoms with Crippen molar-refractivity contribution < 1.29 is 38.1 Å². The zero-order chi connectivity index (χ0) is 61.0. The molecular weight excluding hydrogens is 1080 g/mol. The molecule has 4 aromatic heterocycles. The van der Waals surface area contributed by atoms with E-state index in [-0.39, 0.29) is 70.0 Å². The lowest BCUT2D eigenvalue weighted by molar-refractivity contribution is -0.156. The van der Waals surface area contributed by atoms with Gasteiger partial charge in [0.25, 0.3) is 0 Å². The minimum absolute atomic E-state index is 0.0288. The monoisotopic (exact) mass is 1160 g/mol. The van der Waals surface area contributed by atoms with Crippen LogP contribution in [-0.4, -0.2) is 133 Å². The SMILES string of the molecule is C#CCN(CC#C)Cc1cn(CC(=O)OCCCOC(=O)C(C)(C)CC(c2ccccc2)n2cc(CN(Cc3cn(C(CC(C)(C)C(=O)OCC)c4ccccc4)nn3)Cc3cn(C(CC(C)(C)C(=O)OCC)c4ccccc4)nn3)nn2)nn1. The highest BCUT2D eigenvalue weighted by Crippen LogP contribution is 2.37. The van der Waals surface area contributed by atoms with Crippen LogP contribution >= 0.6 is 0 Å². The highest BCUT2D eigenvalue weighted by molar-refractivity contribution is 5.77. The molecule has 7 aromatic rings. The van der Waals surface area contributed by atoms with Gasteiger partial charge in [0.05, 0.1) is 121 Å². The Hall–Kier alpha value is -8.86. The van der Waals surface area contributed by atoms with E-state index in [4.69, 9.17) is 47.1 Å². The molecule has 0 fully saturated rings. The van der Waals surface area contributed by atoms with Crippen LogP contribution in [0.25, 0.3) is 0 Å². The molecule has 22 nitrogen and oxygen atoms in total. The number of carbonyl (C=O) groups is 4. The number of rotatable bonds is 33. The van der Waals surface area contributed by atoms with Gasteiger partial charge in [-0.05, 0) is 91.3 Å². The van der Waals surface area contributed by atoms with Crippen LogP contribution in [-0.2, 0) is 70.8 Å². The van der Waals surface area contributed by atoms with E-state index in [0.29, 0.717) is 74.8 Å². The maximum Gasteiger partial charge on any atom is 0.327 e. The maximum atomic E-state index is 13.9. The zero-order valence-corrected chi connectivity index (χ0v) is 50.0. The Balaban J connectivity index is 1.08. The fraction of sp³-hybridized carbons (Fsp3) is 0.460. The Morgan fingerprint density at radius 3 is 1.20 bits per heavy atom. The summed E-state index contributed by atoms with van der Waals surface area (Å²) < 4.78 is 29.0. The first-order valence-corrected chi connectivity index (χ1v) is 28.6. The molecule has 0 aliphatic carbocycles. The molecule has 448 valence electrons. The van der Waals surface area contributed by atoms with Crippen molar-refractivity contribution in [2.45, 2.75) is 132 Å². The molecule has 22 heteroatoms. The number of aromatic nitrogens is 12. The Bertz CT molecular complexity index is 3210. The van der Waals surface area contributed by atoms with E-state index in [0.717, 1.165) is 16.7 Å². The smallest absolute Gasteiger partial charge is 0.327 e. The third-order valence-corrected chi connectivity index (χ3v) is 14.3. The summed E-state index contributed by atoms with van der Waals surface area (Å²) in [5, 5.41) is 36.2. The van der Waals surface area contributed by atoms with E-state index in [1.165, 1.54) is 4.68 Å². The molecule has 3 aromatic carbocycles. The van der Waals surface area contributed by atoms with E-state index >= 15 is 0 Å². The van der Waals surface area contributed by atoms with Crippen molar-refractivity contribution in [3.63, 3.8) is 0 Å². The van der Waals surface area contributed by atoms with Gasteiger partial charge in [-0.25, -0.2) is 18.7 Å². The standard InChI is InChI=1S/C63H78N14O8/c1-11-31-72(32-12-2)38-50-42-74(68-64-50)46-57(78)84-33-24-34-85-60(81)63(9,10)37-56(49-29-22-17-23-30-49)77-45-53(67-71-77)41-73(39-51-43-75(69-65-51)54(47-25-18-15-19-26-47)35-61(5,6)58(79)82-13-3)40-52-44-76(70-66-52)55(48-27-20-16-21-28-48)36-62(7,8)59(80)83-14-4/h1-2,15-23,25-30,42-45,54-56H,13-14,24,31-41,46H2,3-10H3. The molecule has 0 spiro atoms. The first-order chi connectivity index (χ1) is 40.8. The largest absolute Gasteiger partial charge is 0.466 e. The van der Waals surface area contributed by atoms with Crippen molar-refractivity contribution in [1.82, 2.24) is 69.8 Å². The fourth-order valence-electron chi connectivity index (χ4n) is 9.87. The minimum Gasteiger partial charge on any atom is -0.466 e. The topological polar surface area (TPSA) is 235 Å². The van der Waals surface area contributed by atoms with E-state index in [2.05, 4.69) is 42.7 Å². The first kappa shape index (κ1) is 63.7. The summed E-state index contributed by atoms with van der Waals surface area (Å²) in [5.74, 6) is 3.59. The van der Waals surface area contributed by atoms with Gasteiger partial charge in [0.15, 0.2) is 0 Å². The van der Waals surface area contributed by atoms with Crippen molar-refractivity contribution in [3.05, 3.63) is 155 Å². The van der Waals surface area contributed by atoms with Crippen LogP contribution in [0.15, 0.2) is 116 Å². The number of hydrogen-bond donors (Lipinski definition) is 0. The fourth-order valence-corrected chi connectivity index (χ4v) is 9.87. The lowest BCUT2D eigenvalue weighted by atomic mass is 9.83. The normalized spacial score (nSPS) is 12.9. The summed E-state index contributed by atoms with van der Waals surface area (Å²) in [6, 6.07) is 28.4. The van der Waals surface area contributed by atoms with E-state index in [9.17, 15) is 19.2 Å². The van der Waals surface area contributed by atoms with Crippen molar-refractivity contribution in [2.75, 3.05) is 39.5 Å². The summed E-state index contributed by atoms with van der Waals surface area (Å²) in [7, 11) is 0. The van der Waals surface area contributed by atoms with Gasteiger partial charge in [-0.2, -0.15) is 0 Å². The molecule has 0 saturated heterocycles. The summed E-state index contributed by atoms with van der Waals surface area (Å²) in [5.41, 5.74) is 2.68.